The van der Waals surface area contributed by atoms with Crippen LogP contribution >= 0.6 is 23.4 Å². The first kappa shape index (κ1) is 26.3. The summed E-state index contributed by atoms with van der Waals surface area (Å²) in [4.78, 5) is 32.3. The van der Waals surface area contributed by atoms with Crippen molar-refractivity contribution >= 4 is 56.9 Å². The SMILES string of the molecule is O=C(O)CN1CCN(C2=NC(=O)C(=C(Cc3ccc(Cl)cc3C(F)(F)F)c3ccc4[nH]ncc4c3)S2)CC1. The fourth-order valence-electron chi connectivity index (χ4n) is 4.51. The maximum absolute atomic E-state index is 13.9. The normalized spacial score (nSPS) is 18.3. The van der Waals surface area contributed by atoms with Gasteiger partial charge in [0.1, 0.15) is 0 Å². The van der Waals surface area contributed by atoms with Gasteiger partial charge in [0.05, 0.1) is 28.7 Å². The molecule has 3 heterocycles. The quantitative estimate of drug-likeness (QED) is 0.440. The number of halogens is 4. The molecule has 2 aromatic carbocycles. The number of carbonyl (C=O) groups excluding carboxylic acids is 1. The molecule has 0 unspecified atom stereocenters. The number of aromatic nitrogens is 2. The van der Waals surface area contributed by atoms with Crippen molar-refractivity contribution in [2.24, 2.45) is 4.99 Å². The van der Waals surface area contributed by atoms with Gasteiger partial charge in [0, 0.05) is 36.6 Å². The lowest BCUT2D eigenvalue weighted by Crippen LogP contribution is -2.49. The molecular formula is C25H21ClF3N5O3S. The molecule has 38 heavy (non-hydrogen) atoms. The number of aliphatic imine (C=N–C) groups is 1. The molecular weight excluding hydrogens is 543 g/mol. The number of alkyl halides is 3. The minimum Gasteiger partial charge on any atom is -0.480 e. The van der Waals surface area contributed by atoms with Gasteiger partial charge in [0.15, 0.2) is 5.17 Å². The number of fused-ring (bicyclic) bond motifs is 1. The van der Waals surface area contributed by atoms with Crippen LogP contribution in [0.5, 0.6) is 0 Å². The second-order valence-corrected chi connectivity index (χ2v) is 10.3. The van der Waals surface area contributed by atoms with Crippen molar-refractivity contribution in [2.45, 2.75) is 12.6 Å². The van der Waals surface area contributed by atoms with E-state index >= 15 is 0 Å². The van der Waals surface area contributed by atoms with Crippen molar-refractivity contribution in [1.82, 2.24) is 20.0 Å². The van der Waals surface area contributed by atoms with E-state index in [0.29, 0.717) is 42.5 Å². The Hall–Kier alpha value is -3.35. The smallest absolute Gasteiger partial charge is 0.416 e. The van der Waals surface area contributed by atoms with E-state index in [-0.39, 0.29) is 28.5 Å². The number of thioether (sulfide) groups is 1. The Bertz CT molecular complexity index is 1480. The number of piperazine rings is 1. The Balaban J connectivity index is 1.50. The van der Waals surface area contributed by atoms with E-state index in [9.17, 15) is 22.8 Å². The zero-order valence-corrected chi connectivity index (χ0v) is 21.3. The van der Waals surface area contributed by atoms with E-state index < -0.39 is 23.6 Å². The summed E-state index contributed by atoms with van der Waals surface area (Å²) in [5, 5.41) is 17.0. The molecule has 1 aromatic heterocycles. The van der Waals surface area contributed by atoms with Crippen LogP contribution in [-0.2, 0) is 22.2 Å². The highest BCUT2D eigenvalue weighted by Crippen LogP contribution is 2.40. The standard InChI is InChI=1S/C25H21ClF3N5O3S/c26-17-3-1-15(19(11-17)25(27,28)29)10-18(14-2-4-20-16(9-14)12-30-32-20)22-23(37)31-24(38-22)34-7-5-33(6-8-34)13-21(35)36/h1-4,9,11-12H,5-8,10,13H2,(H,30,32)(H,35,36). The van der Waals surface area contributed by atoms with Gasteiger partial charge in [0.2, 0.25) is 0 Å². The molecule has 2 aliphatic rings. The van der Waals surface area contributed by atoms with Gasteiger partial charge in [-0.2, -0.15) is 23.3 Å². The molecule has 198 valence electrons. The van der Waals surface area contributed by atoms with E-state index in [1.165, 1.54) is 12.1 Å². The summed E-state index contributed by atoms with van der Waals surface area (Å²) in [5.41, 5.74) is 0.876. The molecule has 0 spiro atoms. The highest BCUT2D eigenvalue weighted by Gasteiger charge is 2.35. The summed E-state index contributed by atoms with van der Waals surface area (Å²) in [6, 6.07) is 8.90. The highest BCUT2D eigenvalue weighted by molar-refractivity contribution is 8.18. The van der Waals surface area contributed by atoms with Gasteiger partial charge in [-0.25, -0.2) is 0 Å². The van der Waals surface area contributed by atoms with Crippen molar-refractivity contribution in [3.63, 3.8) is 0 Å². The van der Waals surface area contributed by atoms with Gasteiger partial charge >= 0.3 is 12.1 Å². The predicted octanol–water partition coefficient (Wildman–Crippen LogP) is 4.52. The van der Waals surface area contributed by atoms with Crippen LogP contribution in [0.2, 0.25) is 5.02 Å². The van der Waals surface area contributed by atoms with Crippen molar-refractivity contribution in [3.05, 3.63) is 69.2 Å². The topological polar surface area (TPSA) is 102 Å². The molecule has 13 heteroatoms. The molecule has 0 atom stereocenters. The van der Waals surface area contributed by atoms with Crippen molar-refractivity contribution in [3.8, 4) is 0 Å². The number of nitrogens with zero attached hydrogens (tertiary/aromatic N) is 4. The highest BCUT2D eigenvalue weighted by atomic mass is 35.5. The summed E-state index contributed by atoms with van der Waals surface area (Å²) in [5.74, 6) is -1.44. The van der Waals surface area contributed by atoms with Crippen LogP contribution in [0.25, 0.3) is 16.5 Å². The summed E-state index contributed by atoms with van der Waals surface area (Å²) in [7, 11) is 0. The van der Waals surface area contributed by atoms with Crippen LogP contribution in [0.3, 0.4) is 0 Å². The number of rotatable bonds is 5. The van der Waals surface area contributed by atoms with E-state index in [1.54, 1.807) is 29.3 Å². The number of hydrogen-bond donors (Lipinski definition) is 2. The third kappa shape index (κ3) is 5.57. The minimum atomic E-state index is -4.63. The first-order valence-corrected chi connectivity index (χ1v) is 12.8. The van der Waals surface area contributed by atoms with E-state index in [2.05, 4.69) is 15.2 Å². The molecule has 0 aliphatic carbocycles. The third-order valence-corrected chi connectivity index (χ3v) is 7.79. The number of aliphatic carboxylic acids is 1. The molecule has 0 saturated carbocycles. The number of carbonyl (C=O) groups is 2. The monoisotopic (exact) mass is 563 g/mol. The van der Waals surface area contributed by atoms with Gasteiger partial charge in [-0.1, -0.05) is 23.7 Å². The first-order valence-electron chi connectivity index (χ1n) is 11.6. The average Bonchev–Trinajstić information content (AvgIpc) is 3.49. The number of nitrogens with one attached hydrogen (secondary N) is 1. The molecule has 3 aromatic rings. The van der Waals surface area contributed by atoms with Gasteiger partial charge < -0.3 is 10.0 Å². The zero-order valence-electron chi connectivity index (χ0n) is 19.8. The fourth-order valence-corrected chi connectivity index (χ4v) is 5.75. The summed E-state index contributed by atoms with van der Waals surface area (Å²) >= 11 is 7.01. The maximum Gasteiger partial charge on any atom is 0.416 e. The zero-order chi connectivity index (χ0) is 27.0. The lowest BCUT2D eigenvalue weighted by molar-refractivity contribution is -0.139. The molecule has 1 saturated heterocycles. The van der Waals surface area contributed by atoms with Crippen LogP contribution in [-0.4, -0.2) is 74.9 Å². The fraction of sp³-hybridized carbons (Fsp3) is 0.280. The Morgan fingerprint density at radius 3 is 2.61 bits per heavy atom. The maximum atomic E-state index is 13.9. The number of carboxylic acid groups (broad SMARTS) is 1. The lowest BCUT2D eigenvalue weighted by atomic mass is 9.93. The van der Waals surface area contributed by atoms with Crippen LogP contribution in [0, 0.1) is 0 Å². The van der Waals surface area contributed by atoms with Gasteiger partial charge in [-0.15, -0.1) is 0 Å². The molecule has 0 radical (unpaired) electrons. The van der Waals surface area contributed by atoms with Crippen molar-refractivity contribution in [1.29, 1.82) is 0 Å². The number of carboxylic acids is 1. The van der Waals surface area contributed by atoms with Crippen LogP contribution in [0.4, 0.5) is 13.2 Å². The van der Waals surface area contributed by atoms with Crippen LogP contribution in [0.1, 0.15) is 16.7 Å². The average molecular weight is 564 g/mol. The first-order chi connectivity index (χ1) is 18.1. The van der Waals surface area contributed by atoms with Gasteiger partial charge in [0.25, 0.3) is 5.91 Å². The lowest BCUT2D eigenvalue weighted by Gasteiger charge is -2.34. The number of amidine groups is 1. The summed E-state index contributed by atoms with van der Waals surface area (Å²) in [6.07, 6.45) is -3.19. The third-order valence-electron chi connectivity index (χ3n) is 6.39. The molecule has 5 rings (SSSR count). The molecule has 0 bridgehead atoms. The molecule has 8 nitrogen and oxygen atoms in total. The van der Waals surface area contributed by atoms with Crippen molar-refractivity contribution in [2.75, 3.05) is 32.7 Å². The number of amides is 1. The number of aromatic amines is 1. The predicted molar refractivity (Wildman–Crippen MR) is 139 cm³/mol. The van der Waals surface area contributed by atoms with E-state index in [0.717, 1.165) is 28.7 Å². The minimum absolute atomic E-state index is 0.0131. The number of allylic oxidation sites excluding steroid dienone is 1. The van der Waals surface area contributed by atoms with E-state index in [4.69, 9.17) is 16.7 Å². The number of hydrogen-bond acceptors (Lipinski definition) is 6. The van der Waals surface area contributed by atoms with Crippen LogP contribution < -0.4 is 0 Å². The number of H-pyrrole nitrogens is 1. The van der Waals surface area contributed by atoms with Crippen molar-refractivity contribution < 1.29 is 27.9 Å². The summed E-state index contributed by atoms with van der Waals surface area (Å²) < 4.78 is 41.7. The van der Waals surface area contributed by atoms with E-state index in [1.807, 2.05) is 4.90 Å². The molecule has 2 N–H and O–H groups in total. The Morgan fingerprint density at radius 2 is 1.89 bits per heavy atom. The Kier molecular flexibility index (Phi) is 7.21. The van der Waals surface area contributed by atoms with Gasteiger partial charge in [-0.05, 0) is 59.1 Å². The number of benzene rings is 2. The largest absolute Gasteiger partial charge is 0.480 e. The van der Waals surface area contributed by atoms with Gasteiger partial charge in [-0.3, -0.25) is 19.6 Å². The summed E-state index contributed by atoms with van der Waals surface area (Å²) in [6.45, 7) is 1.86. The van der Waals surface area contributed by atoms with Crippen LogP contribution in [0.15, 0.2) is 52.5 Å². The Morgan fingerprint density at radius 1 is 1.13 bits per heavy atom. The second-order valence-electron chi connectivity index (χ2n) is 8.91. The Labute approximate surface area is 224 Å². The molecule has 1 amide bonds. The molecule has 1 fully saturated rings. The molecule has 2 aliphatic heterocycles. The second kappa shape index (κ2) is 10.4.